The standard InChI is InChI=1S/C11H11F5O/c12-10(13)8-3-1-2-7(6-8)9(17)4-5-11(14,15)16/h1-3,6,9-10,17H,4-5H2. The molecule has 0 aliphatic rings. The summed E-state index contributed by atoms with van der Waals surface area (Å²) < 4.78 is 60.4. The van der Waals surface area contributed by atoms with Gasteiger partial charge < -0.3 is 5.11 Å². The lowest BCUT2D eigenvalue weighted by molar-refractivity contribution is -0.140. The normalized spacial score (nSPS) is 14.1. The molecule has 0 spiro atoms. The number of benzene rings is 1. The molecule has 0 heterocycles. The van der Waals surface area contributed by atoms with Gasteiger partial charge in [0.05, 0.1) is 6.10 Å². The second-order valence-electron chi connectivity index (χ2n) is 3.64. The van der Waals surface area contributed by atoms with Crippen LogP contribution in [0.15, 0.2) is 24.3 Å². The molecule has 0 saturated carbocycles. The number of aliphatic hydroxyl groups excluding tert-OH is 1. The molecule has 1 rings (SSSR count). The first-order chi connectivity index (χ1) is 7.79. The van der Waals surface area contributed by atoms with Crippen molar-refractivity contribution in [3.05, 3.63) is 35.4 Å². The molecule has 1 aromatic rings. The molecule has 0 amide bonds. The first-order valence-electron chi connectivity index (χ1n) is 4.92. The summed E-state index contributed by atoms with van der Waals surface area (Å²) in [6.45, 7) is 0. The Morgan fingerprint density at radius 2 is 1.71 bits per heavy atom. The van der Waals surface area contributed by atoms with E-state index in [1.165, 1.54) is 12.1 Å². The summed E-state index contributed by atoms with van der Waals surface area (Å²) in [6.07, 6.45) is -10.1. The van der Waals surface area contributed by atoms with Gasteiger partial charge in [0.25, 0.3) is 6.43 Å². The maximum absolute atomic E-state index is 12.3. The van der Waals surface area contributed by atoms with E-state index in [2.05, 4.69) is 0 Å². The second kappa shape index (κ2) is 5.44. The molecule has 0 aliphatic heterocycles. The lowest BCUT2D eigenvalue weighted by Crippen LogP contribution is -2.10. The topological polar surface area (TPSA) is 20.2 Å². The molecular weight excluding hydrogens is 243 g/mol. The lowest BCUT2D eigenvalue weighted by Gasteiger charge is -2.13. The minimum Gasteiger partial charge on any atom is -0.388 e. The number of rotatable bonds is 4. The molecule has 96 valence electrons. The maximum Gasteiger partial charge on any atom is 0.389 e. The summed E-state index contributed by atoms with van der Waals surface area (Å²) >= 11 is 0. The van der Waals surface area contributed by atoms with Crippen LogP contribution in [0.3, 0.4) is 0 Å². The van der Waals surface area contributed by atoms with Gasteiger partial charge in [-0.2, -0.15) is 13.2 Å². The smallest absolute Gasteiger partial charge is 0.388 e. The quantitative estimate of drug-likeness (QED) is 0.805. The van der Waals surface area contributed by atoms with Crippen molar-refractivity contribution in [2.75, 3.05) is 0 Å². The Kier molecular flexibility index (Phi) is 4.45. The average Bonchev–Trinajstić information content (AvgIpc) is 2.25. The van der Waals surface area contributed by atoms with Crippen molar-refractivity contribution >= 4 is 0 Å². The third-order valence-corrected chi connectivity index (χ3v) is 2.25. The van der Waals surface area contributed by atoms with E-state index in [1.807, 2.05) is 0 Å². The summed E-state index contributed by atoms with van der Waals surface area (Å²) in [6, 6.07) is 4.79. The van der Waals surface area contributed by atoms with Gasteiger partial charge in [-0.05, 0) is 18.1 Å². The highest BCUT2D eigenvalue weighted by Gasteiger charge is 2.28. The Morgan fingerprint density at radius 1 is 1.12 bits per heavy atom. The molecule has 17 heavy (non-hydrogen) atoms. The molecule has 1 nitrogen and oxygen atoms in total. The monoisotopic (exact) mass is 254 g/mol. The van der Waals surface area contributed by atoms with E-state index in [0.29, 0.717) is 0 Å². The van der Waals surface area contributed by atoms with E-state index in [-0.39, 0.29) is 11.1 Å². The third-order valence-electron chi connectivity index (χ3n) is 2.25. The Labute approximate surface area is 94.9 Å². The SMILES string of the molecule is OC(CCC(F)(F)F)c1cccc(C(F)F)c1. The van der Waals surface area contributed by atoms with Crippen molar-refractivity contribution in [1.29, 1.82) is 0 Å². The van der Waals surface area contributed by atoms with Gasteiger partial charge in [-0.25, -0.2) is 8.78 Å². The van der Waals surface area contributed by atoms with Crippen molar-refractivity contribution < 1.29 is 27.1 Å². The highest BCUT2D eigenvalue weighted by molar-refractivity contribution is 5.25. The van der Waals surface area contributed by atoms with Crippen LogP contribution in [0.4, 0.5) is 22.0 Å². The summed E-state index contributed by atoms with van der Waals surface area (Å²) in [7, 11) is 0. The van der Waals surface area contributed by atoms with Crippen LogP contribution in [-0.2, 0) is 0 Å². The van der Waals surface area contributed by atoms with Crippen LogP contribution in [0.1, 0.15) is 36.5 Å². The summed E-state index contributed by atoms with van der Waals surface area (Å²) in [4.78, 5) is 0. The molecule has 0 saturated heterocycles. The summed E-state index contributed by atoms with van der Waals surface area (Å²) in [5, 5.41) is 9.45. The van der Waals surface area contributed by atoms with Crippen molar-refractivity contribution in [2.45, 2.75) is 31.5 Å². The summed E-state index contributed by atoms with van der Waals surface area (Å²) in [5.74, 6) is 0. The van der Waals surface area contributed by atoms with Gasteiger partial charge in [-0.1, -0.05) is 18.2 Å². The fraction of sp³-hybridized carbons (Fsp3) is 0.455. The number of alkyl halides is 5. The lowest BCUT2D eigenvalue weighted by atomic mass is 10.0. The molecular formula is C11H11F5O. The molecule has 0 fully saturated rings. The summed E-state index contributed by atoms with van der Waals surface area (Å²) in [5.41, 5.74) is -0.236. The first kappa shape index (κ1) is 13.9. The second-order valence-corrected chi connectivity index (χ2v) is 3.64. The molecule has 0 aliphatic carbocycles. The highest BCUT2D eigenvalue weighted by atomic mass is 19.4. The first-order valence-corrected chi connectivity index (χ1v) is 4.92. The molecule has 1 atom stereocenters. The fourth-order valence-corrected chi connectivity index (χ4v) is 1.37. The van der Waals surface area contributed by atoms with Crippen LogP contribution in [0.5, 0.6) is 0 Å². The minimum absolute atomic E-state index is 0.0760. The van der Waals surface area contributed by atoms with Crippen LogP contribution in [0, 0.1) is 0 Å². The van der Waals surface area contributed by atoms with Crippen LogP contribution in [0.25, 0.3) is 0 Å². The van der Waals surface area contributed by atoms with Gasteiger partial charge in [0, 0.05) is 12.0 Å². The van der Waals surface area contributed by atoms with E-state index in [1.54, 1.807) is 0 Å². The zero-order valence-electron chi connectivity index (χ0n) is 8.72. The van der Waals surface area contributed by atoms with Gasteiger partial charge in [0.1, 0.15) is 0 Å². The van der Waals surface area contributed by atoms with Gasteiger partial charge in [-0.3, -0.25) is 0 Å². The van der Waals surface area contributed by atoms with Gasteiger partial charge in [0.2, 0.25) is 0 Å². The van der Waals surface area contributed by atoms with Gasteiger partial charge in [-0.15, -0.1) is 0 Å². The van der Waals surface area contributed by atoms with E-state index in [0.717, 1.165) is 12.1 Å². The molecule has 1 aromatic carbocycles. The Hall–Kier alpha value is -1.17. The predicted molar refractivity (Wildman–Crippen MR) is 51.6 cm³/mol. The van der Waals surface area contributed by atoms with Gasteiger partial charge in [0.15, 0.2) is 0 Å². The number of hydrogen-bond acceptors (Lipinski definition) is 1. The van der Waals surface area contributed by atoms with Crippen molar-refractivity contribution in [3.63, 3.8) is 0 Å². The number of hydrogen-bond donors (Lipinski definition) is 1. The van der Waals surface area contributed by atoms with Crippen molar-refractivity contribution in [1.82, 2.24) is 0 Å². The molecule has 0 bridgehead atoms. The van der Waals surface area contributed by atoms with Crippen LogP contribution in [0.2, 0.25) is 0 Å². The van der Waals surface area contributed by atoms with Crippen LogP contribution >= 0.6 is 0 Å². The zero-order valence-corrected chi connectivity index (χ0v) is 8.72. The van der Waals surface area contributed by atoms with Crippen molar-refractivity contribution in [2.24, 2.45) is 0 Å². The van der Waals surface area contributed by atoms with Gasteiger partial charge >= 0.3 is 6.18 Å². The largest absolute Gasteiger partial charge is 0.389 e. The van der Waals surface area contributed by atoms with E-state index in [9.17, 15) is 27.1 Å². The molecule has 1 unspecified atom stereocenters. The van der Waals surface area contributed by atoms with Crippen LogP contribution in [-0.4, -0.2) is 11.3 Å². The predicted octanol–water partition coefficient (Wildman–Crippen LogP) is 4.00. The molecule has 6 heteroatoms. The highest BCUT2D eigenvalue weighted by Crippen LogP contribution is 2.29. The zero-order chi connectivity index (χ0) is 13.1. The Balaban J connectivity index is 2.69. The Morgan fingerprint density at radius 3 is 2.24 bits per heavy atom. The number of aliphatic hydroxyl groups is 1. The van der Waals surface area contributed by atoms with Crippen molar-refractivity contribution in [3.8, 4) is 0 Å². The van der Waals surface area contributed by atoms with E-state index >= 15 is 0 Å². The van der Waals surface area contributed by atoms with Crippen LogP contribution < -0.4 is 0 Å². The Bertz CT molecular complexity index is 361. The molecule has 0 radical (unpaired) electrons. The molecule has 0 aromatic heterocycles. The fourth-order valence-electron chi connectivity index (χ4n) is 1.37. The maximum atomic E-state index is 12.3. The molecule has 1 N–H and O–H groups in total. The minimum atomic E-state index is -4.36. The average molecular weight is 254 g/mol. The van der Waals surface area contributed by atoms with E-state index in [4.69, 9.17) is 0 Å². The number of halogens is 5. The van der Waals surface area contributed by atoms with E-state index < -0.39 is 31.5 Å². The third kappa shape index (κ3) is 4.68.